The third-order valence-electron chi connectivity index (χ3n) is 2.50. The van der Waals surface area contributed by atoms with Gasteiger partial charge >= 0.3 is 0 Å². The molecule has 2 N–H and O–H groups in total. The summed E-state index contributed by atoms with van der Waals surface area (Å²) < 4.78 is 0. The van der Waals surface area contributed by atoms with Crippen LogP contribution in [0.5, 0.6) is 0 Å². The number of rotatable bonds is 2. The average molecular weight is 198 g/mol. The van der Waals surface area contributed by atoms with Crippen molar-refractivity contribution in [2.75, 3.05) is 19.6 Å². The Morgan fingerprint density at radius 1 is 1.36 bits per heavy atom. The van der Waals surface area contributed by atoms with Gasteiger partial charge in [0.2, 0.25) is 5.91 Å². The highest BCUT2D eigenvalue weighted by atomic mass is 16.1. The normalized spacial score (nSPS) is 19.4. The minimum absolute atomic E-state index is 0.183. The van der Waals surface area contributed by atoms with E-state index in [9.17, 15) is 4.79 Å². The lowest BCUT2D eigenvalue weighted by atomic mass is 9.94. The maximum absolute atomic E-state index is 11.7. The fourth-order valence-electron chi connectivity index (χ4n) is 1.58. The van der Waals surface area contributed by atoms with Crippen LogP contribution in [0, 0.1) is 11.3 Å². The van der Waals surface area contributed by atoms with Gasteiger partial charge < -0.3 is 10.6 Å². The highest BCUT2D eigenvalue weighted by molar-refractivity contribution is 5.78. The summed E-state index contributed by atoms with van der Waals surface area (Å²) in [5, 5.41) is 6.29. The Hall–Kier alpha value is -0.570. The molecule has 14 heavy (non-hydrogen) atoms. The summed E-state index contributed by atoms with van der Waals surface area (Å²) in [6.07, 6.45) is 1.96. The van der Waals surface area contributed by atoms with Gasteiger partial charge in [0.15, 0.2) is 0 Å². The molecule has 1 saturated heterocycles. The van der Waals surface area contributed by atoms with E-state index in [2.05, 4.69) is 31.4 Å². The first-order valence-corrected chi connectivity index (χ1v) is 5.47. The van der Waals surface area contributed by atoms with Crippen LogP contribution in [0.3, 0.4) is 0 Å². The molecule has 0 aromatic carbocycles. The molecule has 0 saturated carbocycles. The van der Waals surface area contributed by atoms with Gasteiger partial charge in [-0.05, 0) is 31.3 Å². The molecule has 0 aliphatic carbocycles. The topological polar surface area (TPSA) is 41.1 Å². The SMILES string of the molecule is CC(C)(C)CNC(=O)C1CCNCC1. The lowest BCUT2D eigenvalue weighted by Crippen LogP contribution is -2.40. The van der Waals surface area contributed by atoms with Crippen molar-refractivity contribution in [3.63, 3.8) is 0 Å². The summed E-state index contributed by atoms with van der Waals surface area (Å²) in [5.74, 6) is 0.472. The Labute approximate surface area is 86.6 Å². The molecule has 3 heteroatoms. The molecule has 0 atom stereocenters. The number of amides is 1. The van der Waals surface area contributed by atoms with Crippen molar-refractivity contribution in [1.82, 2.24) is 10.6 Å². The van der Waals surface area contributed by atoms with Gasteiger partial charge in [-0.1, -0.05) is 20.8 Å². The van der Waals surface area contributed by atoms with Crippen LogP contribution in [0.15, 0.2) is 0 Å². The predicted octanol–water partition coefficient (Wildman–Crippen LogP) is 1.15. The molecule has 1 aliphatic rings. The molecule has 0 aromatic heterocycles. The van der Waals surface area contributed by atoms with E-state index < -0.39 is 0 Å². The second-order valence-electron chi connectivity index (χ2n) is 5.30. The third-order valence-corrected chi connectivity index (χ3v) is 2.50. The third kappa shape index (κ3) is 4.09. The molecule has 1 heterocycles. The van der Waals surface area contributed by atoms with Gasteiger partial charge in [0.25, 0.3) is 0 Å². The van der Waals surface area contributed by atoms with E-state index in [1.54, 1.807) is 0 Å². The first-order chi connectivity index (χ1) is 6.49. The first kappa shape index (κ1) is 11.5. The number of carbonyl (C=O) groups is 1. The molecule has 0 unspecified atom stereocenters. The van der Waals surface area contributed by atoms with Crippen molar-refractivity contribution < 1.29 is 4.79 Å². The largest absolute Gasteiger partial charge is 0.355 e. The Morgan fingerprint density at radius 2 is 1.93 bits per heavy atom. The highest BCUT2D eigenvalue weighted by Crippen LogP contribution is 2.14. The Balaban J connectivity index is 2.27. The molecule has 1 rings (SSSR count). The van der Waals surface area contributed by atoms with E-state index in [0.29, 0.717) is 0 Å². The van der Waals surface area contributed by atoms with Gasteiger partial charge in [0, 0.05) is 12.5 Å². The number of piperidine rings is 1. The van der Waals surface area contributed by atoms with Gasteiger partial charge in [-0.25, -0.2) is 0 Å². The fraction of sp³-hybridized carbons (Fsp3) is 0.909. The van der Waals surface area contributed by atoms with Crippen LogP contribution in [0.4, 0.5) is 0 Å². The van der Waals surface area contributed by atoms with Crippen molar-refractivity contribution in [1.29, 1.82) is 0 Å². The zero-order valence-electron chi connectivity index (χ0n) is 9.52. The summed E-state index contributed by atoms with van der Waals surface area (Å²) in [5.41, 5.74) is 0.183. The maximum Gasteiger partial charge on any atom is 0.223 e. The van der Waals surface area contributed by atoms with Crippen molar-refractivity contribution >= 4 is 5.91 Å². The molecular weight excluding hydrogens is 176 g/mol. The van der Waals surface area contributed by atoms with E-state index >= 15 is 0 Å². The molecule has 0 radical (unpaired) electrons. The van der Waals surface area contributed by atoms with Crippen LogP contribution in [-0.2, 0) is 4.79 Å². The molecular formula is C11H22N2O. The first-order valence-electron chi connectivity index (χ1n) is 5.47. The van der Waals surface area contributed by atoms with Crippen molar-refractivity contribution in [2.45, 2.75) is 33.6 Å². The van der Waals surface area contributed by atoms with E-state index in [-0.39, 0.29) is 17.2 Å². The lowest BCUT2D eigenvalue weighted by Gasteiger charge is -2.24. The molecule has 0 bridgehead atoms. The molecule has 1 amide bonds. The molecule has 0 spiro atoms. The Kier molecular flexibility index (Phi) is 3.93. The van der Waals surface area contributed by atoms with E-state index in [0.717, 1.165) is 32.5 Å². The quantitative estimate of drug-likeness (QED) is 0.699. The molecule has 1 aliphatic heterocycles. The van der Waals surface area contributed by atoms with E-state index in [4.69, 9.17) is 0 Å². The van der Waals surface area contributed by atoms with Crippen LogP contribution in [0.25, 0.3) is 0 Å². The van der Waals surface area contributed by atoms with E-state index in [1.807, 2.05) is 0 Å². The molecule has 0 aromatic rings. The fourth-order valence-corrected chi connectivity index (χ4v) is 1.58. The summed E-state index contributed by atoms with van der Waals surface area (Å²) in [6.45, 7) is 9.14. The summed E-state index contributed by atoms with van der Waals surface area (Å²) >= 11 is 0. The predicted molar refractivity (Wildman–Crippen MR) is 58.1 cm³/mol. The van der Waals surface area contributed by atoms with Crippen LogP contribution in [0.2, 0.25) is 0 Å². The minimum Gasteiger partial charge on any atom is -0.355 e. The van der Waals surface area contributed by atoms with Gasteiger partial charge in [-0.15, -0.1) is 0 Å². The van der Waals surface area contributed by atoms with E-state index in [1.165, 1.54) is 0 Å². The average Bonchev–Trinajstić information content (AvgIpc) is 2.14. The number of hydrogen-bond acceptors (Lipinski definition) is 2. The number of carbonyl (C=O) groups excluding carboxylic acids is 1. The molecule has 1 fully saturated rings. The maximum atomic E-state index is 11.7. The van der Waals surface area contributed by atoms with Crippen molar-refractivity contribution in [2.24, 2.45) is 11.3 Å². The van der Waals surface area contributed by atoms with Crippen molar-refractivity contribution in [3.8, 4) is 0 Å². The smallest absolute Gasteiger partial charge is 0.223 e. The second kappa shape index (κ2) is 4.78. The standard InChI is InChI=1S/C11H22N2O/c1-11(2,3)8-13-10(14)9-4-6-12-7-5-9/h9,12H,4-8H2,1-3H3,(H,13,14). The van der Waals surface area contributed by atoms with Gasteiger partial charge in [-0.3, -0.25) is 4.79 Å². The zero-order chi connectivity index (χ0) is 10.6. The summed E-state index contributed by atoms with van der Waals surface area (Å²) in [4.78, 5) is 11.7. The lowest BCUT2D eigenvalue weighted by molar-refractivity contribution is -0.126. The number of nitrogens with one attached hydrogen (secondary N) is 2. The Bertz CT molecular complexity index is 190. The monoisotopic (exact) mass is 198 g/mol. The summed E-state index contributed by atoms with van der Waals surface area (Å²) in [7, 11) is 0. The molecule has 3 nitrogen and oxygen atoms in total. The van der Waals surface area contributed by atoms with Crippen molar-refractivity contribution in [3.05, 3.63) is 0 Å². The van der Waals surface area contributed by atoms with Crippen LogP contribution < -0.4 is 10.6 Å². The minimum atomic E-state index is 0.183. The van der Waals surface area contributed by atoms with Crippen LogP contribution >= 0.6 is 0 Å². The van der Waals surface area contributed by atoms with Gasteiger partial charge in [-0.2, -0.15) is 0 Å². The van der Waals surface area contributed by atoms with Crippen LogP contribution in [-0.4, -0.2) is 25.5 Å². The highest BCUT2D eigenvalue weighted by Gasteiger charge is 2.21. The van der Waals surface area contributed by atoms with Gasteiger partial charge in [0.05, 0.1) is 0 Å². The molecule has 82 valence electrons. The zero-order valence-corrected chi connectivity index (χ0v) is 9.52. The second-order valence-corrected chi connectivity index (χ2v) is 5.30. The number of hydrogen-bond donors (Lipinski definition) is 2. The summed E-state index contributed by atoms with van der Waals surface area (Å²) in [6, 6.07) is 0. The van der Waals surface area contributed by atoms with Gasteiger partial charge in [0.1, 0.15) is 0 Å². The Morgan fingerprint density at radius 3 is 2.43 bits per heavy atom. The van der Waals surface area contributed by atoms with Crippen LogP contribution in [0.1, 0.15) is 33.6 Å².